The van der Waals surface area contributed by atoms with Crippen molar-refractivity contribution in [2.24, 2.45) is 0 Å². The third kappa shape index (κ3) is 6.40. The predicted molar refractivity (Wildman–Crippen MR) is 150 cm³/mol. The van der Waals surface area contributed by atoms with Crippen LogP contribution in [0.2, 0.25) is 0 Å². The number of hydrogen-bond donors (Lipinski definition) is 0. The van der Waals surface area contributed by atoms with E-state index in [1.165, 1.54) is 54.0 Å². The van der Waals surface area contributed by atoms with Gasteiger partial charge in [-0.1, -0.05) is 36.4 Å². The Morgan fingerprint density at radius 2 is 1.42 bits per heavy atom. The average Bonchev–Trinajstić information content (AvgIpc) is 3.46. The monoisotopic (exact) mass is 484 g/mol. The van der Waals surface area contributed by atoms with Gasteiger partial charge in [0.25, 0.3) is 0 Å². The van der Waals surface area contributed by atoms with Crippen LogP contribution in [0.15, 0.2) is 72.8 Å². The van der Waals surface area contributed by atoms with E-state index in [0.717, 1.165) is 51.6 Å². The molecule has 0 unspecified atom stereocenters. The quantitative estimate of drug-likeness (QED) is 0.413. The van der Waals surface area contributed by atoms with Crippen molar-refractivity contribution in [2.75, 3.05) is 63.2 Å². The second kappa shape index (κ2) is 11.8. The standard InChI is InChI=1S/C31H40N4O/c1-32-17-19-33(20-18-32)23-27-7-5-9-30(21-27)35(25-28-8-6-10-31(22-28)36-2)24-26-11-13-29(14-12-26)34-15-3-4-16-34/h5-14,21-22H,3-4,15-20,23-25H2,1-2H3. The number of hydrogen-bond acceptors (Lipinski definition) is 5. The van der Waals surface area contributed by atoms with Crippen molar-refractivity contribution in [1.29, 1.82) is 0 Å². The SMILES string of the molecule is COc1cccc(CN(Cc2ccc(N3CCCC3)cc2)c2cccc(CN3CCN(C)CC3)c2)c1. The highest BCUT2D eigenvalue weighted by molar-refractivity contribution is 5.52. The van der Waals surface area contributed by atoms with E-state index in [1.54, 1.807) is 7.11 Å². The lowest BCUT2D eigenvalue weighted by atomic mass is 10.1. The van der Waals surface area contributed by atoms with Crippen LogP contribution in [0.5, 0.6) is 5.75 Å². The third-order valence-electron chi connectivity index (χ3n) is 7.57. The molecule has 0 atom stereocenters. The van der Waals surface area contributed by atoms with Crippen molar-refractivity contribution in [3.8, 4) is 5.75 Å². The van der Waals surface area contributed by atoms with Gasteiger partial charge in [-0.05, 0) is 73.0 Å². The van der Waals surface area contributed by atoms with Gasteiger partial charge in [0.05, 0.1) is 7.11 Å². The molecule has 36 heavy (non-hydrogen) atoms. The normalized spacial score (nSPS) is 16.9. The fourth-order valence-corrected chi connectivity index (χ4v) is 5.35. The van der Waals surface area contributed by atoms with E-state index in [0.29, 0.717) is 0 Å². The van der Waals surface area contributed by atoms with E-state index >= 15 is 0 Å². The van der Waals surface area contributed by atoms with Crippen LogP contribution in [0.3, 0.4) is 0 Å². The Kier molecular flexibility index (Phi) is 8.09. The van der Waals surface area contributed by atoms with Crippen molar-refractivity contribution in [3.63, 3.8) is 0 Å². The molecule has 5 nitrogen and oxygen atoms in total. The molecule has 2 saturated heterocycles. The fourth-order valence-electron chi connectivity index (χ4n) is 5.35. The average molecular weight is 485 g/mol. The summed E-state index contributed by atoms with van der Waals surface area (Å²) < 4.78 is 5.50. The molecule has 2 heterocycles. The first kappa shape index (κ1) is 24.7. The highest BCUT2D eigenvalue weighted by atomic mass is 16.5. The van der Waals surface area contributed by atoms with Crippen LogP contribution in [0.25, 0.3) is 0 Å². The summed E-state index contributed by atoms with van der Waals surface area (Å²) in [7, 11) is 3.95. The van der Waals surface area contributed by atoms with Gasteiger partial charge < -0.3 is 19.4 Å². The fraction of sp³-hybridized carbons (Fsp3) is 0.419. The smallest absolute Gasteiger partial charge is 0.119 e. The molecule has 0 aliphatic carbocycles. The predicted octanol–water partition coefficient (Wildman–Crippen LogP) is 5.25. The van der Waals surface area contributed by atoms with Gasteiger partial charge in [0.2, 0.25) is 0 Å². The van der Waals surface area contributed by atoms with Gasteiger partial charge in [-0.3, -0.25) is 4.90 Å². The Hall–Kier alpha value is -3.02. The summed E-state index contributed by atoms with van der Waals surface area (Å²) in [5, 5.41) is 0. The number of ether oxygens (including phenoxy) is 1. The summed E-state index contributed by atoms with van der Waals surface area (Å²) in [6.45, 7) is 9.65. The van der Waals surface area contributed by atoms with Gasteiger partial charge in [-0.2, -0.15) is 0 Å². The molecule has 3 aromatic rings. The maximum absolute atomic E-state index is 5.50. The molecule has 0 N–H and O–H groups in total. The van der Waals surface area contributed by atoms with E-state index in [4.69, 9.17) is 4.74 Å². The summed E-state index contributed by atoms with van der Waals surface area (Å²) in [5.74, 6) is 0.909. The molecule has 0 saturated carbocycles. The largest absolute Gasteiger partial charge is 0.497 e. The molecule has 5 rings (SSSR count). The van der Waals surface area contributed by atoms with E-state index < -0.39 is 0 Å². The topological polar surface area (TPSA) is 22.2 Å². The van der Waals surface area contributed by atoms with Crippen LogP contribution in [0.1, 0.15) is 29.5 Å². The lowest BCUT2D eigenvalue weighted by Crippen LogP contribution is -2.43. The van der Waals surface area contributed by atoms with Gasteiger partial charge >= 0.3 is 0 Å². The summed E-state index contributed by atoms with van der Waals surface area (Å²) in [6.07, 6.45) is 2.61. The van der Waals surface area contributed by atoms with Crippen LogP contribution in [-0.4, -0.2) is 63.2 Å². The third-order valence-corrected chi connectivity index (χ3v) is 7.57. The molecule has 2 aliphatic rings. The highest BCUT2D eigenvalue weighted by Crippen LogP contribution is 2.26. The lowest BCUT2D eigenvalue weighted by molar-refractivity contribution is 0.148. The van der Waals surface area contributed by atoms with Crippen molar-refractivity contribution < 1.29 is 4.74 Å². The molecule has 2 fully saturated rings. The molecule has 0 radical (unpaired) electrons. The molecule has 0 amide bonds. The molecular formula is C31H40N4O. The molecule has 2 aliphatic heterocycles. The second-order valence-electron chi connectivity index (χ2n) is 10.3. The van der Waals surface area contributed by atoms with E-state index in [9.17, 15) is 0 Å². The maximum Gasteiger partial charge on any atom is 0.119 e. The molecule has 5 heteroatoms. The summed E-state index contributed by atoms with van der Waals surface area (Å²) in [4.78, 5) is 9.98. The summed E-state index contributed by atoms with van der Waals surface area (Å²) in [5.41, 5.74) is 6.60. The van der Waals surface area contributed by atoms with Crippen molar-refractivity contribution in [1.82, 2.24) is 9.80 Å². The second-order valence-corrected chi connectivity index (χ2v) is 10.3. The first-order chi connectivity index (χ1) is 17.7. The van der Waals surface area contributed by atoms with Gasteiger partial charge in [0, 0.05) is 70.3 Å². The van der Waals surface area contributed by atoms with Crippen LogP contribution < -0.4 is 14.5 Å². The zero-order chi connectivity index (χ0) is 24.7. The summed E-state index contributed by atoms with van der Waals surface area (Å²) in [6, 6.07) is 26.8. The Labute approximate surface area is 216 Å². The number of piperazine rings is 1. The number of anilines is 2. The van der Waals surface area contributed by atoms with Gasteiger partial charge in [-0.25, -0.2) is 0 Å². The van der Waals surface area contributed by atoms with Crippen LogP contribution in [0.4, 0.5) is 11.4 Å². The minimum absolute atomic E-state index is 0.836. The molecule has 190 valence electrons. The van der Waals surface area contributed by atoms with Crippen LogP contribution in [0, 0.1) is 0 Å². The Morgan fingerprint density at radius 1 is 0.722 bits per heavy atom. The van der Waals surface area contributed by atoms with Crippen molar-refractivity contribution in [3.05, 3.63) is 89.5 Å². The van der Waals surface area contributed by atoms with Crippen LogP contribution in [-0.2, 0) is 19.6 Å². The summed E-state index contributed by atoms with van der Waals surface area (Å²) >= 11 is 0. The number of likely N-dealkylation sites (N-methyl/N-ethyl adjacent to an activating group) is 1. The van der Waals surface area contributed by atoms with Gasteiger partial charge in [0.15, 0.2) is 0 Å². The van der Waals surface area contributed by atoms with E-state index in [1.807, 2.05) is 6.07 Å². The van der Waals surface area contributed by atoms with Gasteiger partial charge in [0.1, 0.15) is 5.75 Å². The maximum atomic E-state index is 5.50. The molecule has 0 bridgehead atoms. The number of benzene rings is 3. The first-order valence-electron chi connectivity index (χ1n) is 13.4. The minimum atomic E-state index is 0.836. The first-order valence-corrected chi connectivity index (χ1v) is 13.4. The molecular weight excluding hydrogens is 444 g/mol. The van der Waals surface area contributed by atoms with Crippen LogP contribution >= 0.6 is 0 Å². The molecule has 0 aromatic heterocycles. The Morgan fingerprint density at radius 3 is 2.17 bits per heavy atom. The molecule has 3 aromatic carbocycles. The lowest BCUT2D eigenvalue weighted by Gasteiger charge is -2.32. The Balaban J connectivity index is 1.35. The van der Waals surface area contributed by atoms with Crippen molar-refractivity contribution in [2.45, 2.75) is 32.5 Å². The zero-order valence-electron chi connectivity index (χ0n) is 21.9. The number of methoxy groups -OCH3 is 1. The highest BCUT2D eigenvalue weighted by Gasteiger charge is 2.16. The van der Waals surface area contributed by atoms with Gasteiger partial charge in [-0.15, -0.1) is 0 Å². The number of rotatable bonds is 9. The van der Waals surface area contributed by atoms with E-state index in [-0.39, 0.29) is 0 Å². The molecule has 0 spiro atoms. The van der Waals surface area contributed by atoms with E-state index in [2.05, 4.69) is 93.4 Å². The Bertz CT molecular complexity index is 1100. The zero-order valence-corrected chi connectivity index (χ0v) is 21.9. The minimum Gasteiger partial charge on any atom is -0.497 e. The number of nitrogens with zero attached hydrogens (tertiary/aromatic N) is 4. The van der Waals surface area contributed by atoms with Crippen molar-refractivity contribution >= 4 is 11.4 Å².